The average Bonchev–Trinajstić information content (AvgIpc) is 2.17. The Balaban J connectivity index is 3.01. The Morgan fingerprint density at radius 2 is 2.36 bits per heavy atom. The highest BCUT2D eigenvalue weighted by molar-refractivity contribution is 9.08. The zero-order valence-corrected chi connectivity index (χ0v) is 10.2. The number of nitrogens with zero attached hydrogens (tertiary/aromatic N) is 1. The van der Waals surface area contributed by atoms with Gasteiger partial charge in [0.2, 0.25) is 0 Å². The van der Waals surface area contributed by atoms with E-state index >= 15 is 0 Å². The van der Waals surface area contributed by atoms with Crippen molar-refractivity contribution in [1.82, 2.24) is 4.98 Å². The van der Waals surface area contributed by atoms with E-state index in [0.717, 1.165) is 11.3 Å². The molecule has 0 aliphatic carbocycles. The van der Waals surface area contributed by atoms with Gasteiger partial charge in [0, 0.05) is 10.9 Å². The summed E-state index contributed by atoms with van der Waals surface area (Å²) in [4.78, 5) is 4.17. The minimum Gasteiger partial charge on any atom is -0.494 e. The monoisotopic (exact) mass is 275 g/mol. The van der Waals surface area contributed by atoms with E-state index in [9.17, 15) is 0 Å². The van der Waals surface area contributed by atoms with Crippen LogP contribution in [0, 0.1) is 0 Å². The second kappa shape index (κ2) is 5.37. The first-order valence-corrected chi connectivity index (χ1v) is 5.72. The molecule has 0 saturated carbocycles. The second-order valence-electron chi connectivity index (χ2n) is 2.62. The normalized spacial score (nSPS) is 9.93. The predicted molar refractivity (Wildman–Crippen MR) is 62.5 cm³/mol. The largest absolute Gasteiger partial charge is 0.494 e. The maximum absolute atomic E-state index is 5.77. The number of hydrogen-bond donors (Lipinski definition) is 0. The third-order valence-corrected chi connectivity index (χ3v) is 2.43. The SMILES string of the molecule is C=C(OCC)c1ccc(Cl)nc1CBr. The van der Waals surface area contributed by atoms with Gasteiger partial charge in [0.25, 0.3) is 0 Å². The van der Waals surface area contributed by atoms with Crippen LogP contribution < -0.4 is 0 Å². The van der Waals surface area contributed by atoms with Gasteiger partial charge in [-0.05, 0) is 19.1 Å². The highest BCUT2D eigenvalue weighted by Crippen LogP contribution is 2.21. The van der Waals surface area contributed by atoms with Crippen molar-refractivity contribution in [3.8, 4) is 0 Å². The van der Waals surface area contributed by atoms with Gasteiger partial charge in [-0.2, -0.15) is 0 Å². The van der Waals surface area contributed by atoms with E-state index in [-0.39, 0.29) is 0 Å². The first-order chi connectivity index (χ1) is 6.69. The Morgan fingerprint density at radius 3 is 2.93 bits per heavy atom. The van der Waals surface area contributed by atoms with Gasteiger partial charge in [0.1, 0.15) is 10.9 Å². The van der Waals surface area contributed by atoms with Crippen LogP contribution in [0.25, 0.3) is 5.76 Å². The van der Waals surface area contributed by atoms with Crippen LogP contribution in [0.2, 0.25) is 5.15 Å². The van der Waals surface area contributed by atoms with Gasteiger partial charge in [0.15, 0.2) is 0 Å². The minimum atomic E-state index is 0.479. The van der Waals surface area contributed by atoms with Crippen LogP contribution in [-0.4, -0.2) is 11.6 Å². The average molecular weight is 277 g/mol. The number of pyridine rings is 1. The highest BCUT2D eigenvalue weighted by atomic mass is 79.9. The lowest BCUT2D eigenvalue weighted by molar-refractivity contribution is 0.299. The van der Waals surface area contributed by atoms with E-state index in [1.165, 1.54) is 0 Å². The van der Waals surface area contributed by atoms with Crippen LogP contribution >= 0.6 is 27.5 Å². The lowest BCUT2D eigenvalue weighted by atomic mass is 10.2. The summed E-state index contributed by atoms with van der Waals surface area (Å²) in [6, 6.07) is 3.59. The van der Waals surface area contributed by atoms with Crippen molar-refractivity contribution in [2.75, 3.05) is 6.61 Å². The van der Waals surface area contributed by atoms with Crippen molar-refractivity contribution in [3.05, 3.63) is 35.1 Å². The van der Waals surface area contributed by atoms with Gasteiger partial charge >= 0.3 is 0 Å². The predicted octanol–water partition coefficient (Wildman–Crippen LogP) is 3.64. The van der Waals surface area contributed by atoms with Gasteiger partial charge in [-0.25, -0.2) is 4.98 Å². The van der Waals surface area contributed by atoms with Crippen molar-refractivity contribution in [3.63, 3.8) is 0 Å². The Labute approximate surface area is 97.1 Å². The smallest absolute Gasteiger partial charge is 0.129 e. The molecule has 76 valence electrons. The van der Waals surface area contributed by atoms with Crippen LogP contribution in [0.4, 0.5) is 0 Å². The molecule has 0 spiro atoms. The molecule has 0 aliphatic heterocycles. The third kappa shape index (κ3) is 2.72. The summed E-state index contributed by atoms with van der Waals surface area (Å²) in [5.41, 5.74) is 1.74. The first-order valence-electron chi connectivity index (χ1n) is 4.22. The molecule has 1 aromatic heterocycles. The quantitative estimate of drug-likeness (QED) is 0.476. The molecule has 0 radical (unpaired) electrons. The summed E-state index contributed by atoms with van der Waals surface area (Å²) in [6.07, 6.45) is 0. The van der Waals surface area contributed by atoms with Crippen molar-refractivity contribution >= 4 is 33.3 Å². The Bertz CT molecular complexity index is 341. The van der Waals surface area contributed by atoms with Gasteiger partial charge in [-0.3, -0.25) is 0 Å². The fraction of sp³-hybridized carbons (Fsp3) is 0.300. The summed E-state index contributed by atoms with van der Waals surface area (Å²) in [5, 5.41) is 1.11. The molecule has 4 heteroatoms. The fourth-order valence-electron chi connectivity index (χ4n) is 1.08. The van der Waals surface area contributed by atoms with E-state index in [2.05, 4.69) is 27.5 Å². The highest BCUT2D eigenvalue weighted by Gasteiger charge is 2.07. The lowest BCUT2D eigenvalue weighted by Gasteiger charge is -2.10. The number of ether oxygens (including phenoxy) is 1. The summed E-state index contributed by atoms with van der Waals surface area (Å²) in [6.45, 7) is 6.35. The van der Waals surface area contributed by atoms with E-state index in [4.69, 9.17) is 16.3 Å². The fourth-order valence-corrected chi connectivity index (χ4v) is 1.67. The Kier molecular flexibility index (Phi) is 4.42. The Morgan fingerprint density at radius 1 is 1.64 bits per heavy atom. The minimum absolute atomic E-state index is 0.479. The number of halogens is 2. The van der Waals surface area contributed by atoms with Crippen LogP contribution in [-0.2, 0) is 10.1 Å². The molecule has 1 aromatic rings. The third-order valence-electron chi connectivity index (χ3n) is 1.69. The van der Waals surface area contributed by atoms with E-state index in [0.29, 0.717) is 22.8 Å². The molecule has 1 rings (SSSR count). The molecular formula is C10H11BrClNO. The van der Waals surface area contributed by atoms with Crippen molar-refractivity contribution in [2.45, 2.75) is 12.3 Å². The van der Waals surface area contributed by atoms with E-state index in [1.54, 1.807) is 6.07 Å². The number of aromatic nitrogens is 1. The van der Waals surface area contributed by atoms with Crippen molar-refractivity contribution in [2.24, 2.45) is 0 Å². The van der Waals surface area contributed by atoms with Gasteiger partial charge < -0.3 is 4.74 Å². The lowest BCUT2D eigenvalue weighted by Crippen LogP contribution is -1.97. The summed E-state index contributed by atoms with van der Waals surface area (Å²) >= 11 is 9.12. The maximum atomic E-state index is 5.77. The molecule has 14 heavy (non-hydrogen) atoms. The van der Waals surface area contributed by atoms with Gasteiger partial charge in [0.05, 0.1) is 12.3 Å². The van der Waals surface area contributed by atoms with Crippen LogP contribution in [0.15, 0.2) is 18.7 Å². The summed E-state index contributed by atoms with van der Waals surface area (Å²) in [7, 11) is 0. The molecule has 0 unspecified atom stereocenters. The molecule has 0 N–H and O–H groups in total. The Hall–Kier alpha value is -0.540. The molecule has 0 fully saturated rings. The number of rotatable bonds is 4. The second-order valence-corrected chi connectivity index (χ2v) is 3.57. The summed E-state index contributed by atoms with van der Waals surface area (Å²) in [5.74, 6) is 0.631. The number of alkyl halides is 1. The first kappa shape index (κ1) is 11.5. The molecule has 0 aliphatic rings. The van der Waals surface area contributed by atoms with Crippen molar-refractivity contribution in [1.29, 1.82) is 0 Å². The summed E-state index contributed by atoms with van der Waals surface area (Å²) < 4.78 is 5.31. The molecule has 0 amide bonds. The molecule has 0 saturated heterocycles. The van der Waals surface area contributed by atoms with Crippen molar-refractivity contribution < 1.29 is 4.74 Å². The molecule has 1 heterocycles. The number of hydrogen-bond acceptors (Lipinski definition) is 2. The zero-order valence-electron chi connectivity index (χ0n) is 7.89. The molecule has 0 atom stereocenters. The van der Waals surface area contributed by atoms with Gasteiger partial charge in [-0.1, -0.05) is 34.1 Å². The van der Waals surface area contributed by atoms with Crippen LogP contribution in [0.3, 0.4) is 0 Å². The zero-order chi connectivity index (χ0) is 10.6. The van der Waals surface area contributed by atoms with E-state index < -0.39 is 0 Å². The van der Waals surface area contributed by atoms with E-state index in [1.807, 2.05) is 13.0 Å². The maximum Gasteiger partial charge on any atom is 0.129 e. The van der Waals surface area contributed by atoms with Crippen LogP contribution in [0.5, 0.6) is 0 Å². The molecular weight excluding hydrogens is 265 g/mol. The van der Waals surface area contributed by atoms with Crippen LogP contribution in [0.1, 0.15) is 18.2 Å². The molecule has 2 nitrogen and oxygen atoms in total. The molecule has 0 aromatic carbocycles. The topological polar surface area (TPSA) is 22.1 Å². The van der Waals surface area contributed by atoms with Gasteiger partial charge in [-0.15, -0.1) is 0 Å². The standard InChI is InChI=1S/C10H11BrClNO/c1-3-14-7(2)8-4-5-10(12)13-9(8)6-11/h4-5H,2-3,6H2,1H3. The molecule has 0 bridgehead atoms.